The topological polar surface area (TPSA) is 109 Å². The Morgan fingerprint density at radius 1 is 1.24 bits per heavy atom. The van der Waals surface area contributed by atoms with E-state index in [4.69, 9.17) is 16.0 Å². The minimum absolute atomic E-state index is 0.00538. The van der Waals surface area contributed by atoms with E-state index >= 15 is 0 Å². The van der Waals surface area contributed by atoms with Gasteiger partial charge in [0, 0.05) is 22.7 Å². The number of nitro benzene ring substituents is 1. The number of hydrogen-bond donors (Lipinski definition) is 1. The second kappa shape index (κ2) is 8.42. The predicted molar refractivity (Wildman–Crippen MR) is 109 cm³/mol. The van der Waals surface area contributed by atoms with Crippen molar-refractivity contribution in [1.29, 1.82) is 5.26 Å². The van der Waals surface area contributed by atoms with Crippen LogP contribution < -0.4 is 5.32 Å². The van der Waals surface area contributed by atoms with Gasteiger partial charge < -0.3 is 9.73 Å². The average molecular weight is 408 g/mol. The van der Waals surface area contributed by atoms with Gasteiger partial charge in [0.2, 0.25) is 0 Å². The lowest BCUT2D eigenvalue weighted by Gasteiger charge is -2.06. The number of nitrogens with zero attached hydrogens (tertiary/aromatic N) is 2. The third kappa shape index (κ3) is 4.69. The van der Waals surface area contributed by atoms with Gasteiger partial charge in [-0.15, -0.1) is 0 Å². The van der Waals surface area contributed by atoms with Crippen molar-refractivity contribution in [3.63, 3.8) is 0 Å². The van der Waals surface area contributed by atoms with Gasteiger partial charge in [0.25, 0.3) is 11.6 Å². The number of aryl methyl sites for hydroxylation is 1. The maximum absolute atomic E-state index is 12.4. The molecule has 0 bridgehead atoms. The van der Waals surface area contributed by atoms with Gasteiger partial charge in [-0.25, -0.2) is 0 Å². The van der Waals surface area contributed by atoms with Crippen LogP contribution in [0.4, 0.5) is 11.4 Å². The van der Waals surface area contributed by atoms with E-state index in [0.717, 1.165) is 5.56 Å². The molecule has 1 heterocycles. The number of halogens is 1. The van der Waals surface area contributed by atoms with Gasteiger partial charge in [-0.3, -0.25) is 14.9 Å². The average Bonchev–Trinajstić information content (AvgIpc) is 3.16. The summed E-state index contributed by atoms with van der Waals surface area (Å²) < 4.78 is 5.66. The van der Waals surface area contributed by atoms with Gasteiger partial charge in [-0.2, -0.15) is 5.26 Å². The zero-order chi connectivity index (χ0) is 21.0. The quantitative estimate of drug-likeness (QED) is 0.265. The Bertz CT molecular complexity index is 1170. The van der Waals surface area contributed by atoms with E-state index in [-0.39, 0.29) is 22.7 Å². The first-order chi connectivity index (χ1) is 13.9. The molecule has 2 aromatic carbocycles. The first-order valence-electron chi connectivity index (χ1n) is 8.41. The SMILES string of the molecule is Cc1ccc(NC(=O)C(C#N)=Cc2ccc(-c3cccc(Cl)c3)o2)c([N+](=O)[O-])c1. The van der Waals surface area contributed by atoms with Crippen molar-refractivity contribution in [2.24, 2.45) is 0 Å². The Balaban J connectivity index is 1.85. The number of benzene rings is 2. The third-order valence-corrected chi connectivity index (χ3v) is 4.22. The number of carbonyl (C=O) groups is 1. The lowest BCUT2D eigenvalue weighted by Crippen LogP contribution is -2.14. The minimum Gasteiger partial charge on any atom is -0.457 e. The highest BCUT2D eigenvalue weighted by molar-refractivity contribution is 6.30. The number of furan rings is 1. The summed E-state index contributed by atoms with van der Waals surface area (Å²) in [6.07, 6.45) is 1.27. The summed E-state index contributed by atoms with van der Waals surface area (Å²) in [4.78, 5) is 23.0. The molecule has 0 aliphatic rings. The van der Waals surface area contributed by atoms with Crippen molar-refractivity contribution < 1.29 is 14.1 Å². The molecule has 1 aromatic heterocycles. The zero-order valence-corrected chi connectivity index (χ0v) is 15.9. The molecule has 29 heavy (non-hydrogen) atoms. The van der Waals surface area contributed by atoms with Gasteiger partial charge in [0.1, 0.15) is 28.9 Å². The van der Waals surface area contributed by atoms with Crippen molar-refractivity contribution in [3.05, 3.63) is 86.6 Å². The van der Waals surface area contributed by atoms with E-state index in [9.17, 15) is 20.2 Å². The number of hydrogen-bond acceptors (Lipinski definition) is 5. The van der Waals surface area contributed by atoms with Crippen LogP contribution in [-0.4, -0.2) is 10.8 Å². The van der Waals surface area contributed by atoms with E-state index in [2.05, 4.69) is 5.32 Å². The van der Waals surface area contributed by atoms with Crippen LogP contribution in [0.25, 0.3) is 17.4 Å². The molecule has 0 unspecified atom stereocenters. The number of nitrogens with one attached hydrogen (secondary N) is 1. The van der Waals surface area contributed by atoms with Gasteiger partial charge in [-0.05, 0) is 42.8 Å². The molecule has 7 nitrogen and oxygen atoms in total. The van der Waals surface area contributed by atoms with Crippen LogP contribution in [0.2, 0.25) is 5.02 Å². The van der Waals surface area contributed by atoms with E-state index in [1.165, 1.54) is 18.2 Å². The van der Waals surface area contributed by atoms with E-state index < -0.39 is 10.8 Å². The summed E-state index contributed by atoms with van der Waals surface area (Å²) >= 11 is 5.97. The van der Waals surface area contributed by atoms with E-state index in [1.54, 1.807) is 49.4 Å². The number of carbonyl (C=O) groups excluding carboxylic acids is 1. The Kier molecular flexibility index (Phi) is 5.77. The second-order valence-corrected chi connectivity index (χ2v) is 6.55. The summed E-state index contributed by atoms with van der Waals surface area (Å²) in [6, 6.07) is 16.5. The maximum Gasteiger partial charge on any atom is 0.293 e. The van der Waals surface area contributed by atoms with Crippen LogP contribution in [0, 0.1) is 28.4 Å². The normalized spacial score (nSPS) is 11.0. The predicted octanol–water partition coefficient (Wildman–Crippen LogP) is 5.36. The summed E-state index contributed by atoms with van der Waals surface area (Å²) in [5.41, 5.74) is 0.917. The molecular formula is C21H14ClN3O4. The Hall–Kier alpha value is -3.89. The van der Waals surface area contributed by atoms with Crippen LogP contribution >= 0.6 is 11.6 Å². The van der Waals surface area contributed by atoms with Crippen molar-refractivity contribution in [1.82, 2.24) is 0 Å². The smallest absolute Gasteiger partial charge is 0.293 e. The van der Waals surface area contributed by atoms with Crippen LogP contribution in [0.3, 0.4) is 0 Å². The molecule has 1 amide bonds. The van der Waals surface area contributed by atoms with Crippen molar-refractivity contribution in [3.8, 4) is 17.4 Å². The molecular weight excluding hydrogens is 394 g/mol. The molecule has 0 fully saturated rings. The molecule has 8 heteroatoms. The fourth-order valence-electron chi connectivity index (χ4n) is 2.61. The number of nitriles is 1. The minimum atomic E-state index is -0.778. The molecule has 144 valence electrons. The largest absolute Gasteiger partial charge is 0.457 e. The first-order valence-corrected chi connectivity index (χ1v) is 8.79. The first kappa shape index (κ1) is 19.9. The lowest BCUT2D eigenvalue weighted by molar-refractivity contribution is -0.384. The summed E-state index contributed by atoms with van der Waals surface area (Å²) in [5.74, 6) is 0.0239. The standard InChI is InChI=1S/C21H14ClN3O4/c1-13-5-7-18(19(9-13)25(27)28)24-21(26)15(12-23)11-17-6-8-20(29-17)14-3-2-4-16(22)10-14/h2-11H,1H3,(H,24,26). The number of nitro groups is 1. The zero-order valence-electron chi connectivity index (χ0n) is 15.2. The van der Waals surface area contributed by atoms with Crippen LogP contribution in [0.15, 0.2) is 64.6 Å². The third-order valence-electron chi connectivity index (χ3n) is 3.99. The highest BCUT2D eigenvalue weighted by Crippen LogP contribution is 2.27. The molecule has 0 saturated heterocycles. The molecule has 0 aliphatic carbocycles. The summed E-state index contributed by atoms with van der Waals surface area (Å²) in [7, 11) is 0. The van der Waals surface area contributed by atoms with Crippen LogP contribution in [-0.2, 0) is 4.79 Å². The van der Waals surface area contributed by atoms with Gasteiger partial charge in [-0.1, -0.05) is 29.8 Å². The molecule has 0 atom stereocenters. The molecule has 1 N–H and O–H groups in total. The van der Waals surface area contributed by atoms with Gasteiger partial charge in [0.05, 0.1) is 4.92 Å². The van der Waals surface area contributed by atoms with Gasteiger partial charge in [0.15, 0.2) is 0 Å². The second-order valence-electron chi connectivity index (χ2n) is 6.11. The molecule has 3 rings (SSSR count). The highest BCUT2D eigenvalue weighted by atomic mass is 35.5. The van der Waals surface area contributed by atoms with Crippen molar-refractivity contribution in [2.75, 3.05) is 5.32 Å². The van der Waals surface area contributed by atoms with Crippen molar-refractivity contribution in [2.45, 2.75) is 6.92 Å². The summed E-state index contributed by atoms with van der Waals surface area (Å²) in [5, 5.41) is 23.5. The monoisotopic (exact) mass is 407 g/mol. The maximum atomic E-state index is 12.4. The molecule has 0 saturated carbocycles. The van der Waals surface area contributed by atoms with Crippen LogP contribution in [0.1, 0.15) is 11.3 Å². The van der Waals surface area contributed by atoms with Crippen molar-refractivity contribution >= 4 is 35.0 Å². The molecule has 0 radical (unpaired) electrons. The number of rotatable bonds is 5. The fraction of sp³-hybridized carbons (Fsp3) is 0.0476. The van der Waals surface area contributed by atoms with Gasteiger partial charge >= 0.3 is 0 Å². The molecule has 0 spiro atoms. The Morgan fingerprint density at radius 2 is 2.03 bits per heavy atom. The summed E-state index contributed by atoms with van der Waals surface area (Å²) in [6.45, 7) is 1.70. The Labute approximate surface area is 171 Å². The fourth-order valence-corrected chi connectivity index (χ4v) is 2.80. The number of amides is 1. The van der Waals surface area contributed by atoms with Crippen LogP contribution in [0.5, 0.6) is 0 Å². The lowest BCUT2D eigenvalue weighted by atomic mass is 10.1. The molecule has 0 aliphatic heterocycles. The Morgan fingerprint density at radius 3 is 2.72 bits per heavy atom. The highest BCUT2D eigenvalue weighted by Gasteiger charge is 2.18. The number of anilines is 1. The van der Waals surface area contributed by atoms with E-state index in [0.29, 0.717) is 16.3 Å². The molecule has 3 aromatic rings. The van der Waals surface area contributed by atoms with E-state index in [1.807, 2.05) is 6.07 Å².